The Hall–Kier alpha value is -2.55. The lowest BCUT2D eigenvalue weighted by Gasteiger charge is -2.36. The summed E-state index contributed by atoms with van der Waals surface area (Å²) >= 11 is 0. The monoisotopic (exact) mass is 370 g/mol. The summed E-state index contributed by atoms with van der Waals surface area (Å²) in [5.41, 5.74) is 0. The van der Waals surface area contributed by atoms with Gasteiger partial charge in [0.05, 0.1) is 6.61 Å². The van der Waals surface area contributed by atoms with E-state index in [4.69, 9.17) is 49.4 Å². The maximum absolute atomic E-state index is 11.4. The first-order valence-corrected chi connectivity index (χ1v) is 8.17. The van der Waals surface area contributed by atoms with Gasteiger partial charge in [-0.1, -0.05) is 23.7 Å². The van der Waals surface area contributed by atoms with E-state index in [1.807, 2.05) is 0 Å². The molecule has 0 aliphatic carbocycles. The molecule has 142 valence electrons. The van der Waals surface area contributed by atoms with Gasteiger partial charge in [-0.15, -0.1) is 25.7 Å². The largest absolute Gasteiger partial charge is 0.366 e. The molecule has 1 aliphatic heterocycles. The fourth-order valence-corrected chi connectivity index (χ4v) is 2.39. The van der Waals surface area contributed by atoms with E-state index >= 15 is 0 Å². The van der Waals surface area contributed by atoms with Gasteiger partial charge in [-0.3, -0.25) is 4.79 Å². The highest BCUT2D eigenvalue weighted by Crippen LogP contribution is 2.21. The molecule has 0 spiro atoms. The van der Waals surface area contributed by atoms with Gasteiger partial charge in [-0.2, -0.15) is 0 Å². The number of terminal acetylenes is 4. The van der Waals surface area contributed by atoms with Crippen LogP contribution in [0.4, 0.5) is 0 Å². The van der Waals surface area contributed by atoms with Crippen molar-refractivity contribution in [2.45, 2.75) is 24.4 Å². The first-order valence-electron chi connectivity index (χ1n) is 8.17. The number of ether oxygens (including phenoxy) is 5. The fraction of sp³-hybridized carbons (Fsp3) is 0.476. The van der Waals surface area contributed by atoms with Crippen LogP contribution in [-0.2, 0) is 28.5 Å². The molecule has 0 aromatic rings. The van der Waals surface area contributed by atoms with Crippen LogP contribution in [0.1, 0.15) is 0 Å². The van der Waals surface area contributed by atoms with Crippen molar-refractivity contribution in [1.29, 1.82) is 0 Å². The van der Waals surface area contributed by atoms with Gasteiger partial charge in [-0.05, 0) is 12.2 Å². The smallest absolute Gasteiger partial charge is 0.181 e. The van der Waals surface area contributed by atoms with E-state index < -0.39 is 24.4 Å². The molecule has 1 heterocycles. The number of ketones is 1. The quantitative estimate of drug-likeness (QED) is 0.362. The number of rotatable bonds is 12. The van der Waals surface area contributed by atoms with E-state index in [1.54, 1.807) is 6.08 Å². The molecule has 6 heteroatoms. The van der Waals surface area contributed by atoms with Crippen LogP contribution in [0.15, 0.2) is 12.2 Å². The molecule has 0 radical (unpaired) electrons. The summed E-state index contributed by atoms with van der Waals surface area (Å²) in [6, 6.07) is 0. The first kappa shape index (κ1) is 22.5. The molecule has 0 bridgehead atoms. The molecule has 6 nitrogen and oxygen atoms in total. The zero-order valence-corrected chi connectivity index (χ0v) is 15.0. The summed E-state index contributed by atoms with van der Waals surface area (Å²) in [6.45, 7) is 0.0921. The summed E-state index contributed by atoms with van der Waals surface area (Å²) in [4.78, 5) is 11.4. The summed E-state index contributed by atoms with van der Waals surface area (Å²) in [5.74, 6) is 9.40. The molecule has 0 amide bonds. The summed E-state index contributed by atoms with van der Waals surface area (Å²) in [5, 5.41) is 0. The number of hydrogen-bond donors (Lipinski definition) is 0. The van der Waals surface area contributed by atoms with Gasteiger partial charge >= 0.3 is 0 Å². The van der Waals surface area contributed by atoms with Crippen LogP contribution in [0.25, 0.3) is 0 Å². The van der Waals surface area contributed by atoms with Gasteiger partial charge in [0.1, 0.15) is 57.5 Å². The van der Waals surface area contributed by atoms with Crippen LogP contribution in [0.3, 0.4) is 0 Å². The van der Waals surface area contributed by atoms with Crippen molar-refractivity contribution in [3.63, 3.8) is 0 Å². The lowest BCUT2D eigenvalue weighted by Crippen LogP contribution is -2.51. The normalized spacial score (nSPS) is 19.1. The Morgan fingerprint density at radius 3 is 2.22 bits per heavy atom. The molecule has 0 aromatic heterocycles. The zero-order chi connectivity index (χ0) is 19.9. The molecule has 0 saturated carbocycles. The Morgan fingerprint density at radius 1 is 1.00 bits per heavy atom. The van der Waals surface area contributed by atoms with E-state index in [0.717, 1.165) is 0 Å². The van der Waals surface area contributed by atoms with E-state index in [-0.39, 0.29) is 45.4 Å². The number of carbonyl (C=O) groups is 1. The van der Waals surface area contributed by atoms with E-state index in [2.05, 4.69) is 23.7 Å². The molecule has 1 rings (SSSR count). The third-order valence-corrected chi connectivity index (χ3v) is 3.47. The van der Waals surface area contributed by atoms with Gasteiger partial charge in [-0.25, -0.2) is 0 Å². The second kappa shape index (κ2) is 13.6. The Balaban J connectivity index is 3.08. The van der Waals surface area contributed by atoms with Crippen LogP contribution in [0.2, 0.25) is 0 Å². The third-order valence-electron chi connectivity index (χ3n) is 3.47. The summed E-state index contributed by atoms with van der Waals surface area (Å²) in [6.07, 6.45) is 21.5. The van der Waals surface area contributed by atoms with E-state index in [0.29, 0.717) is 0 Å². The Labute approximate surface area is 160 Å². The van der Waals surface area contributed by atoms with Gasteiger partial charge in [0, 0.05) is 0 Å². The van der Waals surface area contributed by atoms with Crippen LogP contribution in [-0.4, -0.2) is 69.8 Å². The lowest BCUT2D eigenvalue weighted by molar-refractivity contribution is -0.171. The molecular formula is C21H22O6. The van der Waals surface area contributed by atoms with Crippen molar-refractivity contribution in [3.8, 4) is 49.4 Å². The van der Waals surface area contributed by atoms with Crippen molar-refractivity contribution in [2.75, 3.05) is 39.6 Å². The summed E-state index contributed by atoms with van der Waals surface area (Å²) < 4.78 is 28.1. The van der Waals surface area contributed by atoms with Crippen molar-refractivity contribution >= 4 is 5.78 Å². The van der Waals surface area contributed by atoms with Gasteiger partial charge < -0.3 is 23.7 Å². The Kier molecular flexibility index (Phi) is 11.4. The third kappa shape index (κ3) is 8.12. The molecule has 1 unspecified atom stereocenters. The fourth-order valence-electron chi connectivity index (χ4n) is 2.39. The molecule has 27 heavy (non-hydrogen) atoms. The van der Waals surface area contributed by atoms with Crippen LogP contribution in [0.5, 0.6) is 0 Å². The lowest BCUT2D eigenvalue weighted by atomic mass is 10.0. The average Bonchev–Trinajstić information content (AvgIpc) is 2.68. The van der Waals surface area contributed by atoms with Crippen molar-refractivity contribution in [2.24, 2.45) is 0 Å². The zero-order valence-electron chi connectivity index (χ0n) is 15.0. The van der Waals surface area contributed by atoms with Gasteiger partial charge in [0.25, 0.3) is 0 Å². The van der Waals surface area contributed by atoms with E-state index in [1.165, 1.54) is 6.08 Å². The SMILES string of the molecule is C#CCOC[C@@H](OCC#C)[C@@H](OCC#C)C(OCC#C)[C@H]1C=CC(=O)CO1. The van der Waals surface area contributed by atoms with Crippen molar-refractivity contribution in [1.82, 2.24) is 0 Å². The van der Waals surface area contributed by atoms with E-state index in [9.17, 15) is 4.79 Å². The highest BCUT2D eigenvalue weighted by atomic mass is 16.6. The Bertz CT molecular complexity index is 654. The molecule has 1 aliphatic rings. The molecule has 0 aromatic carbocycles. The van der Waals surface area contributed by atoms with Crippen LogP contribution in [0, 0.1) is 49.4 Å². The molecule has 0 N–H and O–H groups in total. The molecule has 0 fully saturated rings. The minimum absolute atomic E-state index is 0.00466. The predicted molar refractivity (Wildman–Crippen MR) is 99.3 cm³/mol. The topological polar surface area (TPSA) is 63.2 Å². The summed E-state index contributed by atoms with van der Waals surface area (Å²) in [7, 11) is 0. The second-order valence-electron chi connectivity index (χ2n) is 5.33. The second-order valence-corrected chi connectivity index (χ2v) is 5.33. The minimum Gasteiger partial charge on any atom is -0.366 e. The maximum atomic E-state index is 11.4. The van der Waals surface area contributed by atoms with Crippen molar-refractivity contribution in [3.05, 3.63) is 12.2 Å². The maximum Gasteiger partial charge on any atom is 0.181 e. The number of carbonyl (C=O) groups excluding carboxylic acids is 1. The molecular weight excluding hydrogens is 348 g/mol. The van der Waals surface area contributed by atoms with Crippen LogP contribution >= 0.6 is 0 Å². The van der Waals surface area contributed by atoms with Gasteiger partial charge in [0.15, 0.2) is 5.78 Å². The van der Waals surface area contributed by atoms with Crippen molar-refractivity contribution < 1.29 is 28.5 Å². The molecule has 0 saturated heterocycles. The average molecular weight is 370 g/mol. The Morgan fingerprint density at radius 2 is 1.63 bits per heavy atom. The first-order chi connectivity index (χ1) is 13.2. The number of hydrogen-bond acceptors (Lipinski definition) is 6. The predicted octanol–water partition coefficient (Wildman–Crippen LogP) is 0.216. The highest BCUT2D eigenvalue weighted by molar-refractivity contribution is 5.91. The van der Waals surface area contributed by atoms with Gasteiger partial charge in [0.2, 0.25) is 0 Å². The molecule has 4 atom stereocenters. The highest BCUT2D eigenvalue weighted by Gasteiger charge is 2.38. The van der Waals surface area contributed by atoms with Crippen LogP contribution < -0.4 is 0 Å². The standard InChI is InChI=1S/C21H22O6/c1-5-11-23-16-19(24-12-6-2)21(26-14-8-4)20(25-13-7-3)18-10-9-17(22)15-27-18/h1-4,9-10,18-21H,11-16H2/t18-,19-,20?,21-/m1/s1. The minimum atomic E-state index is -0.733.